The molecule has 3 rings (SSSR count). The van der Waals surface area contributed by atoms with Crippen LogP contribution in [0.3, 0.4) is 0 Å². The Kier molecular flexibility index (Phi) is 4.24. The zero-order valence-electron chi connectivity index (χ0n) is 11.8. The van der Waals surface area contributed by atoms with Crippen molar-refractivity contribution in [3.8, 4) is 0 Å². The number of anilines is 1. The number of carboxylic acids is 1. The summed E-state index contributed by atoms with van der Waals surface area (Å²) in [6, 6.07) is 5.64. The number of fused-ring (bicyclic) bond motifs is 1. The van der Waals surface area contributed by atoms with E-state index in [4.69, 9.17) is 5.11 Å². The first kappa shape index (κ1) is 15.1. The van der Waals surface area contributed by atoms with Crippen molar-refractivity contribution in [2.24, 2.45) is 5.92 Å². The number of carbonyl (C=O) groups is 1. The number of benzene rings is 1. The summed E-state index contributed by atoms with van der Waals surface area (Å²) in [5.74, 6) is -0.959. The molecule has 118 valence electrons. The van der Waals surface area contributed by atoms with Crippen LogP contribution in [0.2, 0.25) is 0 Å². The number of aliphatic carboxylic acids is 1. The molecule has 0 unspecified atom stereocenters. The van der Waals surface area contributed by atoms with Gasteiger partial charge >= 0.3 is 5.97 Å². The Labute approximate surface area is 130 Å². The third-order valence-electron chi connectivity index (χ3n) is 4.04. The first-order valence-electron chi connectivity index (χ1n) is 7.21. The molecule has 0 radical (unpaired) electrons. The zero-order chi connectivity index (χ0) is 15.7. The summed E-state index contributed by atoms with van der Waals surface area (Å²) in [6.45, 7) is 0. The van der Waals surface area contributed by atoms with E-state index in [1.165, 1.54) is 0 Å². The lowest BCUT2D eigenvalue weighted by atomic mass is 9.86. The van der Waals surface area contributed by atoms with Gasteiger partial charge in [0, 0.05) is 11.7 Å². The van der Waals surface area contributed by atoms with Crippen molar-refractivity contribution in [1.82, 2.24) is 4.98 Å². The molecule has 1 aliphatic rings. The quantitative estimate of drug-likeness (QED) is 0.880. The van der Waals surface area contributed by atoms with Crippen LogP contribution in [-0.4, -0.2) is 22.1 Å². The molecule has 1 saturated carbocycles. The molecule has 2 aromatic rings. The van der Waals surface area contributed by atoms with Crippen molar-refractivity contribution >= 4 is 33.2 Å². The first-order valence-corrected chi connectivity index (χ1v) is 8.02. The smallest absolute Gasteiger partial charge is 0.306 e. The lowest BCUT2D eigenvalue weighted by Crippen LogP contribution is -2.29. The minimum atomic E-state index is -2.54. The van der Waals surface area contributed by atoms with Crippen molar-refractivity contribution < 1.29 is 18.7 Å². The van der Waals surface area contributed by atoms with E-state index >= 15 is 0 Å². The molecule has 1 fully saturated rings. The average molecular weight is 326 g/mol. The first-order chi connectivity index (χ1) is 10.5. The van der Waals surface area contributed by atoms with Gasteiger partial charge in [0.25, 0.3) is 6.43 Å². The Morgan fingerprint density at radius 3 is 2.68 bits per heavy atom. The number of carboxylic acid groups (broad SMARTS) is 1. The van der Waals surface area contributed by atoms with Crippen molar-refractivity contribution in [3.63, 3.8) is 0 Å². The molecule has 0 spiro atoms. The van der Waals surface area contributed by atoms with Gasteiger partial charge in [-0.1, -0.05) is 0 Å². The number of rotatable bonds is 4. The van der Waals surface area contributed by atoms with Gasteiger partial charge in [0.1, 0.15) is 0 Å². The van der Waals surface area contributed by atoms with E-state index in [0.717, 1.165) is 34.6 Å². The third kappa shape index (κ3) is 3.19. The van der Waals surface area contributed by atoms with E-state index < -0.39 is 12.4 Å². The highest BCUT2D eigenvalue weighted by molar-refractivity contribution is 7.18. The molecule has 0 bridgehead atoms. The van der Waals surface area contributed by atoms with Crippen LogP contribution in [0, 0.1) is 5.92 Å². The maximum Gasteiger partial charge on any atom is 0.306 e. The topological polar surface area (TPSA) is 62.2 Å². The number of hydrogen-bond donors (Lipinski definition) is 2. The number of aromatic nitrogens is 1. The Morgan fingerprint density at radius 2 is 2.05 bits per heavy atom. The SMILES string of the molecule is O=C(O)C1CCC(Nc2ccc3nc(C(F)F)sc3c2)CC1. The molecule has 4 nitrogen and oxygen atoms in total. The van der Waals surface area contributed by atoms with Gasteiger partial charge in [0.15, 0.2) is 5.01 Å². The summed E-state index contributed by atoms with van der Waals surface area (Å²) in [6.07, 6.45) is 0.413. The van der Waals surface area contributed by atoms with Gasteiger partial charge in [-0.15, -0.1) is 11.3 Å². The second kappa shape index (κ2) is 6.16. The van der Waals surface area contributed by atoms with Crippen molar-refractivity contribution in [1.29, 1.82) is 0 Å². The summed E-state index contributed by atoms with van der Waals surface area (Å²) < 4.78 is 26.1. The summed E-state index contributed by atoms with van der Waals surface area (Å²) in [5, 5.41) is 12.2. The van der Waals surface area contributed by atoms with Crippen molar-refractivity contribution in [2.45, 2.75) is 38.2 Å². The van der Waals surface area contributed by atoms with E-state index in [0.29, 0.717) is 18.4 Å². The maximum absolute atomic E-state index is 12.7. The molecule has 1 aromatic carbocycles. The van der Waals surface area contributed by atoms with Crippen LogP contribution in [0.25, 0.3) is 10.2 Å². The molecule has 1 heterocycles. The number of nitrogens with zero attached hydrogens (tertiary/aromatic N) is 1. The molecule has 0 atom stereocenters. The zero-order valence-corrected chi connectivity index (χ0v) is 12.6. The normalized spacial score (nSPS) is 22.1. The van der Waals surface area contributed by atoms with E-state index in [1.54, 1.807) is 6.07 Å². The highest BCUT2D eigenvalue weighted by Crippen LogP contribution is 2.32. The fraction of sp³-hybridized carbons (Fsp3) is 0.467. The largest absolute Gasteiger partial charge is 0.481 e. The monoisotopic (exact) mass is 326 g/mol. The number of thiazole rings is 1. The van der Waals surface area contributed by atoms with Crippen molar-refractivity contribution in [2.75, 3.05) is 5.32 Å². The van der Waals surface area contributed by atoms with Crippen molar-refractivity contribution in [3.05, 3.63) is 23.2 Å². The third-order valence-corrected chi connectivity index (χ3v) is 5.06. The lowest BCUT2D eigenvalue weighted by molar-refractivity contribution is -0.142. The van der Waals surface area contributed by atoms with Gasteiger partial charge in [0.05, 0.1) is 16.1 Å². The van der Waals surface area contributed by atoms with E-state index in [9.17, 15) is 13.6 Å². The van der Waals surface area contributed by atoms with Crippen LogP contribution in [0.5, 0.6) is 0 Å². The number of nitrogens with one attached hydrogen (secondary N) is 1. The summed E-state index contributed by atoms with van der Waals surface area (Å²) in [7, 11) is 0. The fourth-order valence-corrected chi connectivity index (χ4v) is 3.71. The predicted molar refractivity (Wildman–Crippen MR) is 81.6 cm³/mol. The minimum Gasteiger partial charge on any atom is -0.481 e. The molecular weight excluding hydrogens is 310 g/mol. The van der Waals surface area contributed by atoms with Gasteiger partial charge in [0.2, 0.25) is 0 Å². The van der Waals surface area contributed by atoms with E-state index in [1.807, 2.05) is 12.1 Å². The average Bonchev–Trinajstić information content (AvgIpc) is 2.91. The molecule has 22 heavy (non-hydrogen) atoms. The summed E-state index contributed by atoms with van der Waals surface area (Å²) in [5.41, 5.74) is 1.45. The van der Waals surface area contributed by atoms with Gasteiger partial charge < -0.3 is 10.4 Å². The second-order valence-corrected chi connectivity index (χ2v) is 6.63. The van der Waals surface area contributed by atoms with Crippen LogP contribution in [-0.2, 0) is 4.79 Å². The van der Waals surface area contributed by atoms with Gasteiger partial charge in [-0.25, -0.2) is 13.8 Å². The van der Waals surface area contributed by atoms with Crippen LogP contribution in [0.4, 0.5) is 14.5 Å². The summed E-state index contributed by atoms with van der Waals surface area (Å²) in [4.78, 5) is 14.8. The fourth-order valence-electron chi connectivity index (χ4n) is 2.85. The molecule has 7 heteroatoms. The highest BCUT2D eigenvalue weighted by atomic mass is 32.1. The Balaban J connectivity index is 1.68. The molecule has 1 aromatic heterocycles. The Hall–Kier alpha value is -1.76. The molecule has 0 aliphatic heterocycles. The maximum atomic E-state index is 12.7. The molecular formula is C15H16F2N2O2S. The molecule has 2 N–H and O–H groups in total. The lowest BCUT2D eigenvalue weighted by Gasteiger charge is -2.27. The summed E-state index contributed by atoms with van der Waals surface area (Å²) >= 11 is 1.01. The van der Waals surface area contributed by atoms with Gasteiger partial charge in [-0.3, -0.25) is 4.79 Å². The van der Waals surface area contributed by atoms with Crippen LogP contribution in [0.15, 0.2) is 18.2 Å². The molecule has 0 amide bonds. The predicted octanol–water partition coefficient (Wildman–Crippen LogP) is 4.29. The van der Waals surface area contributed by atoms with Crippen LogP contribution < -0.4 is 5.32 Å². The number of alkyl halides is 2. The van der Waals surface area contributed by atoms with Crippen LogP contribution in [0.1, 0.15) is 37.1 Å². The molecule has 0 saturated heterocycles. The number of halogens is 2. The highest BCUT2D eigenvalue weighted by Gasteiger charge is 2.25. The number of hydrogen-bond acceptors (Lipinski definition) is 4. The van der Waals surface area contributed by atoms with Gasteiger partial charge in [-0.2, -0.15) is 0 Å². The van der Waals surface area contributed by atoms with E-state index in [-0.39, 0.29) is 17.0 Å². The standard InChI is InChI=1S/C15H16F2N2O2S/c16-13(17)14-19-11-6-5-10(7-12(11)22-14)18-9-3-1-8(2-4-9)15(20)21/h5-9,13,18H,1-4H2,(H,20,21). The minimum absolute atomic E-state index is 0.158. The molecule has 1 aliphatic carbocycles. The van der Waals surface area contributed by atoms with Gasteiger partial charge in [-0.05, 0) is 43.9 Å². The van der Waals surface area contributed by atoms with E-state index in [2.05, 4.69) is 10.3 Å². The Bertz CT molecular complexity index is 681. The Morgan fingerprint density at radius 1 is 1.32 bits per heavy atom. The second-order valence-electron chi connectivity index (χ2n) is 5.57. The van der Waals surface area contributed by atoms with Crippen LogP contribution >= 0.6 is 11.3 Å².